The maximum Gasteiger partial charge on any atom is 0.226 e. The number of amides is 1. The number of alkyl halides is 1. The Morgan fingerprint density at radius 2 is 2.38 bits per heavy atom. The Morgan fingerprint density at radius 3 is 2.92 bits per heavy atom. The summed E-state index contributed by atoms with van der Waals surface area (Å²) in [6, 6.07) is 2.66. The second-order valence-corrected chi connectivity index (χ2v) is 3.14. The molecule has 0 aliphatic carbocycles. The molecule has 1 amide bonds. The number of anilines is 1. The number of nitrogens with one attached hydrogen (secondary N) is 1. The van der Waals surface area contributed by atoms with Gasteiger partial charge in [0.05, 0.1) is 6.20 Å². The fourth-order valence-corrected chi connectivity index (χ4v) is 1.10. The summed E-state index contributed by atoms with van der Waals surface area (Å²) in [5, 5.41) is 3.12. The van der Waals surface area contributed by atoms with E-state index in [4.69, 9.17) is 0 Å². The first-order valence-corrected chi connectivity index (χ1v) is 4.82. The zero-order chi connectivity index (χ0) is 9.68. The summed E-state index contributed by atoms with van der Waals surface area (Å²) >= 11 is 3.13. The number of aromatic nitrogens is 1. The van der Waals surface area contributed by atoms with Crippen LogP contribution in [0.2, 0.25) is 0 Å². The summed E-state index contributed by atoms with van der Waals surface area (Å²) in [6.45, 7) is 0. The molecule has 5 heteroatoms. The third kappa shape index (κ3) is 3.50. The van der Waals surface area contributed by atoms with Gasteiger partial charge < -0.3 is 5.32 Å². The van der Waals surface area contributed by atoms with Gasteiger partial charge in [-0.15, -0.1) is 0 Å². The van der Waals surface area contributed by atoms with Crippen LogP contribution in [0.3, 0.4) is 0 Å². The molecule has 1 rings (SSSR count). The largest absolute Gasteiger partial charge is 0.311 e. The van der Waals surface area contributed by atoms with Crippen LogP contribution in [0.4, 0.5) is 10.2 Å². The molecule has 1 heterocycles. The lowest BCUT2D eigenvalue weighted by Gasteiger charge is -2.01. The summed E-state index contributed by atoms with van der Waals surface area (Å²) < 4.78 is 12.4. The molecule has 70 valence electrons. The number of carbonyl (C=O) groups excluding carboxylic acids is 1. The molecule has 1 aromatic heterocycles. The molecule has 13 heavy (non-hydrogen) atoms. The second kappa shape index (κ2) is 4.91. The molecule has 1 aromatic rings. The van der Waals surface area contributed by atoms with E-state index in [1.807, 2.05) is 0 Å². The van der Waals surface area contributed by atoms with Gasteiger partial charge in [0.1, 0.15) is 11.6 Å². The van der Waals surface area contributed by atoms with Crippen LogP contribution in [0.1, 0.15) is 6.42 Å². The quantitative estimate of drug-likeness (QED) is 0.829. The molecule has 0 atom stereocenters. The van der Waals surface area contributed by atoms with Crippen molar-refractivity contribution >= 4 is 27.7 Å². The number of hydrogen-bond acceptors (Lipinski definition) is 2. The zero-order valence-corrected chi connectivity index (χ0v) is 8.34. The number of hydrogen-bond donors (Lipinski definition) is 1. The van der Waals surface area contributed by atoms with E-state index >= 15 is 0 Å². The van der Waals surface area contributed by atoms with Gasteiger partial charge in [0.2, 0.25) is 5.91 Å². The molecular weight excluding hydrogens is 239 g/mol. The number of halogens is 2. The van der Waals surface area contributed by atoms with Gasteiger partial charge in [-0.2, -0.15) is 0 Å². The zero-order valence-electron chi connectivity index (χ0n) is 6.76. The minimum absolute atomic E-state index is 0.143. The van der Waals surface area contributed by atoms with Gasteiger partial charge in [-0.3, -0.25) is 4.79 Å². The van der Waals surface area contributed by atoms with E-state index in [-0.39, 0.29) is 5.91 Å². The molecule has 0 unspecified atom stereocenters. The first-order valence-electron chi connectivity index (χ1n) is 3.70. The molecule has 0 saturated heterocycles. The molecule has 0 saturated carbocycles. The molecule has 0 aliphatic heterocycles. The molecule has 1 N–H and O–H groups in total. The van der Waals surface area contributed by atoms with Gasteiger partial charge in [-0.05, 0) is 12.1 Å². The molecule has 0 fully saturated rings. The van der Waals surface area contributed by atoms with E-state index in [1.54, 1.807) is 0 Å². The van der Waals surface area contributed by atoms with Crippen LogP contribution in [0.15, 0.2) is 18.3 Å². The average molecular weight is 247 g/mol. The minimum atomic E-state index is -0.418. The summed E-state index contributed by atoms with van der Waals surface area (Å²) in [7, 11) is 0. The third-order valence-corrected chi connectivity index (χ3v) is 1.71. The number of nitrogens with zero attached hydrogens (tertiary/aromatic N) is 1. The third-order valence-electron chi connectivity index (χ3n) is 1.32. The first-order chi connectivity index (χ1) is 6.22. The van der Waals surface area contributed by atoms with Gasteiger partial charge in [-0.25, -0.2) is 9.37 Å². The minimum Gasteiger partial charge on any atom is -0.311 e. The summed E-state index contributed by atoms with van der Waals surface area (Å²) in [5.41, 5.74) is 0. The van der Waals surface area contributed by atoms with Gasteiger partial charge in [0.15, 0.2) is 0 Å². The lowest BCUT2D eigenvalue weighted by atomic mass is 10.4. The average Bonchev–Trinajstić information content (AvgIpc) is 2.09. The highest BCUT2D eigenvalue weighted by Crippen LogP contribution is 2.04. The molecular formula is C8H8BrFN2O. The van der Waals surface area contributed by atoms with E-state index in [2.05, 4.69) is 26.2 Å². The highest BCUT2D eigenvalue weighted by molar-refractivity contribution is 9.09. The Labute approximate surface area is 83.5 Å². The first kappa shape index (κ1) is 10.1. The Balaban J connectivity index is 2.54. The number of pyridine rings is 1. The highest BCUT2D eigenvalue weighted by atomic mass is 79.9. The Hall–Kier alpha value is -0.970. The Morgan fingerprint density at radius 1 is 1.62 bits per heavy atom. The monoisotopic (exact) mass is 246 g/mol. The second-order valence-electron chi connectivity index (χ2n) is 2.35. The van der Waals surface area contributed by atoms with Crippen molar-refractivity contribution in [1.82, 2.24) is 4.98 Å². The van der Waals surface area contributed by atoms with E-state index in [0.717, 1.165) is 6.20 Å². The fourth-order valence-electron chi connectivity index (χ4n) is 0.741. The predicted molar refractivity (Wildman–Crippen MR) is 51.2 cm³/mol. The van der Waals surface area contributed by atoms with Crippen LogP contribution in [-0.2, 0) is 4.79 Å². The van der Waals surface area contributed by atoms with Gasteiger partial charge in [0.25, 0.3) is 0 Å². The van der Waals surface area contributed by atoms with Crippen molar-refractivity contribution in [3.63, 3.8) is 0 Å². The van der Waals surface area contributed by atoms with Crippen LogP contribution in [0.25, 0.3) is 0 Å². The van der Waals surface area contributed by atoms with Crippen LogP contribution < -0.4 is 5.32 Å². The predicted octanol–water partition coefficient (Wildman–Crippen LogP) is 1.94. The SMILES string of the molecule is O=C(CCBr)Nc1ccc(F)cn1. The van der Waals surface area contributed by atoms with Crippen LogP contribution >= 0.6 is 15.9 Å². The summed E-state index contributed by atoms with van der Waals surface area (Å²) in [5.74, 6) is -0.193. The maximum absolute atomic E-state index is 12.4. The smallest absolute Gasteiger partial charge is 0.226 e. The molecule has 0 aliphatic rings. The van der Waals surface area contributed by atoms with Crippen molar-refractivity contribution in [3.8, 4) is 0 Å². The van der Waals surface area contributed by atoms with Crippen LogP contribution in [0, 0.1) is 5.82 Å². The number of rotatable bonds is 3. The van der Waals surface area contributed by atoms with Crippen molar-refractivity contribution in [2.75, 3.05) is 10.6 Å². The van der Waals surface area contributed by atoms with Gasteiger partial charge >= 0.3 is 0 Å². The topological polar surface area (TPSA) is 42.0 Å². The van der Waals surface area contributed by atoms with Crippen molar-refractivity contribution in [3.05, 3.63) is 24.1 Å². The lowest BCUT2D eigenvalue weighted by Crippen LogP contribution is -2.12. The van der Waals surface area contributed by atoms with Crippen molar-refractivity contribution in [2.45, 2.75) is 6.42 Å². The molecule has 0 spiro atoms. The lowest BCUT2D eigenvalue weighted by molar-refractivity contribution is -0.115. The summed E-state index contributed by atoms with van der Waals surface area (Å²) in [6.07, 6.45) is 1.43. The van der Waals surface area contributed by atoms with E-state index in [1.165, 1.54) is 12.1 Å². The van der Waals surface area contributed by atoms with Crippen molar-refractivity contribution in [1.29, 1.82) is 0 Å². The van der Waals surface area contributed by atoms with Gasteiger partial charge in [0, 0.05) is 11.8 Å². The van der Waals surface area contributed by atoms with E-state index < -0.39 is 5.82 Å². The molecule has 0 bridgehead atoms. The summed E-state index contributed by atoms with van der Waals surface area (Å²) in [4.78, 5) is 14.7. The molecule has 0 radical (unpaired) electrons. The maximum atomic E-state index is 12.4. The van der Waals surface area contributed by atoms with Crippen LogP contribution in [0.5, 0.6) is 0 Å². The van der Waals surface area contributed by atoms with E-state index in [0.29, 0.717) is 17.6 Å². The normalized spacial score (nSPS) is 9.69. The van der Waals surface area contributed by atoms with Crippen LogP contribution in [-0.4, -0.2) is 16.2 Å². The van der Waals surface area contributed by atoms with Crippen molar-refractivity contribution < 1.29 is 9.18 Å². The van der Waals surface area contributed by atoms with Crippen molar-refractivity contribution in [2.24, 2.45) is 0 Å². The standard InChI is InChI=1S/C8H8BrFN2O/c9-4-3-8(13)12-7-2-1-6(10)5-11-7/h1-2,5H,3-4H2,(H,11,12,13). The highest BCUT2D eigenvalue weighted by Gasteiger charge is 2.01. The fraction of sp³-hybridized carbons (Fsp3) is 0.250. The molecule has 3 nitrogen and oxygen atoms in total. The Bertz CT molecular complexity index is 289. The Kier molecular flexibility index (Phi) is 3.82. The van der Waals surface area contributed by atoms with Gasteiger partial charge in [-0.1, -0.05) is 15.9 Å². The molecule has 0 aromatic carbocycles. The number of carbonyl (C=O) groups is 1. The van der Waals surface area contributed by atoms with E-state index in [9.17, 15) is 9.18 Å².